The van der Waals surface area contributed by atoms with Crippen molar-refractivity contribution >= 4 is 101 Å². The van der Waals surface area contributed by atoms with Crippen LogP contribution in [0.2, 0.25) is 0 Å². The van der Waals surface area contributed by atoms with E-state index >= 15 is 0 Å². The molecule has 14 aromatic carbocycles. The van der Waals surface area contributed by atoms with Crippen LogP contribution in [0.1, 0.15) is 52.7 Å². The Morgan fingerprint density at radius 1 is 0.247 bits per heavy atom. The number of para-hydroxylation sites is 4. The van der Waals surface area contributed by atoms with Crippen LogP contribution in [0.4, 0.5) is 34.1 Å². The summed E-state index contributed by atoms with van der Waals surface area (Å²) >= 11 is 0. The molecule has 0 N–H and O–H groups in total. The predicted octanol–water partition coefficient (Wildman–Crippen LogP) is 22.9. The van der Waals surface area contributed by atoms with Gasteiger partial charge in [0.25, 0.3) is 6.71 Å². The van der Waals surface area contributed by atoms with Gasteiger partial charge in [-0.2, -0.15) is 0 Å². The lowest BCUT2D eigenvalue weighted by atomic mass is 9.33. The molecule has 18 rings (SSSR count). The van der Waals surface area contributed by atoms with E-state index < -0.39 is 0 Å². The van der Waals surface area contributed by atoms with Crippen LogP contribution in [0.25, 0.3) is 111 Å². The van der Waals surface area contributed by atoms with E-state index in [1.807, 2.05) is 0 Å². The van der Waals surface area contributed by atoms with E-state index in [1.165, 1.54) is 71.1 Å². The monoisotopic (exact) mass is 1240 g/mol. The minimum Gasteiger partial charge on any atom is -0.310 e. The molecule has 2 aliphatic heterocycles. The smallest absolute Gasteiger partial charge is 0.252 e. The van der Waals surface area contributed by atoms with Gasteiger partial charge in [0, 0.05) is 77.9 Å². The third kappa shape index (κ3) is 9.42. The molecular weight excluding hydrogens is 1170 g/mol. The van der Waals surface area contributed by atoms with E-state index in [9.17, 15) is 0 Å². The van der Waals surface area contributed by atoms with Crippen molar-refractivity contribution in [3.63, 3.8) is 0 Å². The summed E-state index contributed by atoms with van der Waals surface area (Å²) in [6.07, 6.45) is 0. The molecule has 0 amide bonds. The molecule has 0 unspecified atom stereocenters. The molecule has 16 aromatic rings. The van der Waals surface area contributed by atoms with Crippen LogP contribution in [-0.4, -0.2) is 15.8 Å². The molecule has 0 spiro atoms. The zero-order valence-corrected chi connectivity index (χ0v) is 55.5. The number of rotatable bonds is 9. The van der Waals surface area contributed by atoms with Gasteiger partial charge in [-0.15, -0.1) is 0 Å². The molecule has 0 bridgehead atoms. The molecule has 4 nitrogen and oxygen atoms in total. The highest BCUT2D eigenvalue weighted by Crippen LogP contribution is 2.54. The van der Waals surface area contributed by atoms with Crippen molar-refractivity contribution in [2.45, 2.75) is 52.4 Å². The van der Waals surface area contributed by atoms with Crippen molar-refractivity contribution in [2.75, 3.05) is 9.80 Å². The summed E-state index contributed by atoms with van der Waals surface area (Å²) < 4.78 is 5.03. The minimum atomic E-state index is -0.233. The van der Waals surface area contributed by atoms with Gasteiger partial charge in [-0.05, 0) is 145 Å². The molecule has 0 saturated carbocycles. The second-order valence-corrected chi connectivity index (χ2v) is 28.4. The van der Waals surface area contributed by atoms with Gasteiger partial charge in [0.15, 0.2) is 0 Å². The lowest BCUT2D eigenvalue weighted by Gasteiger charge is -2.46. The lowest BCUT2D eigenvalue weighted by Crippen LogP contribution is -2.61. The number of benzene rings is 14. The zero-order chi connectivity index (χ0) is 65.3. The molecule has 0 aliphatic carbocycles. The summed E-state index contributed by atoms with van der Waals surface area (Å²) in [5.74, 6) is 0. The van der Waals surface area contributed by atoms with Gasteiger partial charge in [-0.25, -0.2) is 0 Å². The van der Waals surface area contributed by atoms with Crippen LogP contribution < -0.4 is 26.2 Å². The summed E-state index contributed by atoms with van der Waals surface area (Å²) in [6.45, 7) is 13.7. The third-order valence-electron chi connectivity index (χ3n) is 20.6. The van der Waals surface area contributed by atoms with E-state index in [1.54, 1.807) is 0 Å². The largest absolute Gasteiger partial charge is 0.310 e. The van der Waals surface area contributed by atoms with Gasteiger partial charge in [-0.1, -0.05) is 290 Å². The maximum Gasteiger partial charge on any atom is 0.252 e. The lowest BCUT2D eigenvalue weighted by molar-refractivity contribution is 0.591. The van der Waals surface area contributed by atoms with Gasteiger partial charge < -0.3 is 18.9 Å². The summed E-state index contributed by atoms with van der Waals surface area (Å²) in [5, 5.41) is 4.98. The van der Waals surface area contributed by atoms with Crippen molar-refractivity contribution < 1.29 is 0 Å². The van der Waals surface area contributed by atoms with Gasteiger partial charge >= 0.3 is 0 Å². The van der Waals surface area contributed by atoms with Gasteiger partial charge in [0.2, 0.25) is 0 Å². The molecular formula is C92H71BN4. The second-order valence-electron chi connectivity index (χ2n) is 28.4. The molecule has 0 radical (unpaired) electrons. The first-order chi connectivity index (χ1) is 47.4. The number of aromatic nitrogens is 2. The van der Waals surface area contributed by atoms with Crippen molar-refractivity contribution in [1.29, 1.82) is 0 Å². The molecule has 2 aliphatic rings. The Bertz CT molecular complexity index is 5330. The normalized spacial score (nSPS) is 12.8. The molecule has 2 aromatic heterocycles. The molecule has 97 heavy (non-hydrogen) atoms. The van der Waals surface area contributed by atoms with Gasteiger partial charge in [-0.3, -0.25) is 0 Å². The highest BCUT2D eigenvalue weighted by Gasteiger charge is 2.46. The molecule has 0 atom stereocenters. The Hall–Kier alpha value is -11.7. The minimum absolute atomic E-state index is 0.0316. The topological polar surface area (TPSA) is 16.3 Å². The average Bonchev–Trinajstić information content (AvgIpc) is 1.30. The summed E-state index contributed by atoms with van der Waals surface area (Å²) in [6, 6.07) is 121. The van der Waals surface area contributed by atoms with Gasteiger partial charge in [0.1, 0.15) is 0 Å². The fourth-order valence-electron chi connectivity index (χ4n) is 15.9. The van der Waals surface area contributed by atoms with Crippen LogP contribution in [0.5, 0.6) is 0 Å². The van der Waals surface area contributed by atoms with E-state index in [2.05, 4.69) is 382 Å². The highest BCUT2D eigenvalue weighted by molar-refractivity contribution is 7.00. The van der Waals surface area contributed by atoms with Crippen LogP contribution in [0.3, 0.4) is 0 Å². The van der Waals surface area contributed by atoms with E-state index in [0.717, 1.165) is 101 Å². The number of hydrogen-bond donors (Lipinski definition) is 0. The Morgan fingerprint density at radius 2 is 0.577 bits per heavy atom. The average molecular weight is 1240 g/mol. The maximum absolute atomic E-state index is 2.68. The van der Waals surface area contributed by atoms with Crippen LogP contribution in [-0.2, 0) is 10.8 Å². The SMILES string of the molecule is CC(C)(C)c1ccc2c(c1)c1ccccc1n2-c1ccc2c(c1)N(c1c(-c3ccccc3)cccc1-c1ccccc1)c1cc(-c3ccccc3)cc3c1B2c1ccc(-n2c4ccccc4c4cc(C(C)(C)C)ccc42)cc1N3c1c(-c2ccccc2)cccc1-c1ccccc1. The van der Waals surface area contributed by atoms with Crippen molar-refractivity contribution in [3.05, 3.63) is 333 Å². The number of anilines is 6. The first kappa shape index (κ1) is 58.0. The van der Waals surface area contributed by atoms with E-state index in [-0.39, 0.29) is 17.5 Å². The quantitative estimate of drug-likeness (QED) is 0.134. The van der Waals surface area contributed by atoms with E-state index in [4.69, 9.17) is 0 Å². The fourth-order valence-corrected chi connectivity index (χ4v) is 15.9. The standard InChI is InChI=1S/C92H71BN4/c1-91(2,3)66-46-52-82-76(56-66)74-38-22-24-44-80(74)94(82)68-48-50-78-84(58-68)96(89-70(61-30-14-8-15-31-61)40-26-41-71(89)62-32-16-9-17-33-62)86-54-65(60-28-12-7-13-29-60)55-87-88(86)93(78)79-51-49-69(95-81-45-25-23-39-75(81)77-57-67(92(4,5)6)47-53-83(77)95)59-85(79)97(87)90-72(63-34-18-10-19-35-63)42-27-43-73(90)64-36-20-11-21-37-64/h7-59H,1-6H3. The van der Waals surface area contributed by atoms with Crippen LogP contribution in [0.15, 0.2) is 322 Å². The first-order valence-corrected chi connectivity index (χ1v) is 34.1. The fraction of sp³-hybridized carbons (Fsp3) is 0.0870. The zero-order valence-electron chi connectivity index (χ0n) is 55.5. The number of fused-ring (bicyclic) bond motifs is 10. The van der Waals surface area contributed by atoms with Crippen molar-refractivity contribution in [3.8, 4) is 67.0 Å². The van der Waals surface area contributed by atoms with Crippen molar-refractivity contribution in [2.24, 2.45) is 0 Å². The Kier molecular flexibility index (Phi) is 13.4. The van der Waals surface area contributed by atoms with Crippen LogP contribution in [0, 0.1) is 0 Å². The second kappa shape index (κ2) is 22.5. The summed E-state index contributed by atoms with van der Waals surface area (Å²) in [4.78, 5) is 5.36. The molecule has 5 heteroatoms. The Labute approximate surface area is 568 Å². The summed E-state index contributed by atoms with van der Waals surface area (Å²) in [5.41, 5.74) is 31.3. The van der Waals surface area contributed by atoms with Gasteiger partial charge in [0.05, 0.1) is 33.4 Å². The maximum atomic E-state index is 2.68. The molecule has 0 saturated heterocycles. The van der Waals surface area contributed by atoms with E-state index in [0.29, 0.717) is 0 Å². The first-order valence-electron chi connectivity index (χ1n) is 34.1. The molecule has 462 valence electrons. The predicted molar refractivity (Wildman–Crippen MR) is 414 cm³/mol. The third-order valence-corrected chi connectivity index (χ3v) is 20.6. The molecule has 0 fully saturated rings. The molecule has 4 heterocycles. The number of nitrogens with zero attached hydrogens (tertiary/aromatic N) is 4. The Balaban J connectivity index is 1.01. The highest BCUT2D eigenvalue weighted by atomic mass is 15.2. The summed E-state index contributed by atoms with van der Waals surface area (Å²) in [7, 11) is 0. The number of hydrogen-bond acceptors (Lipinski definition) is 2. The van der Waals surface area contributed by atoms with Crippen LogP contribution >= 0.6 is 0 Å². The van der Waals surface area contributed by atoms with Crippen molar-refractivity contribution in [1.82, 2.24) is 9.13 Å². The Morgan fingerprint density at radius 3 is 0.938 bits per heavy atom.